The van der Waals surface area contributed by atoms with Crippen molar-refractivity contribution in [1.29, 1.82) is 0 Å². The molecule has 2 aromatic rings. The van der Waals surface area contributed by atoms with Gasteiger partial charge in [0.05, 0.1) is 17.5 Å². The van der Waals surface area contributed by atoms with Gasteiger partial charge >= 0.3 is 0 Å². The summed E-state index contributed by atoms with van der Waals surface area (Å²) in [4.78, 5) is 24.0. The van der Waals surface area contributed by atoms with Crippen molar-refractivity contribution in [1.82, 2.24) is 20.4 Å². The van der Waals surface area contributed by atoms with Crippen LogP contribution in [0.5, 0.6) is 0 Å². The zero-order valence-corrected chi connectivity index (χ0v) is 12.5. The number of aryl methyl sites for hydroxylation is 1. The monoisotopic (exact) mass is 288 g/mol. The second-order valence-corrected chi connectivity index (χ2v) is 5.09. The van der Waals surface area contributed by atoms with Crippen molar-refractivity contribution in [2.24, 2.45) is 7.05 Å². The number of hydrogen-bond donors (Lipinski definition) is 2. The lowest BCUT2D eigenvalue weighted by Gasteiger charge is -2.12. The minimum Gasteiger partial charge on any atom is -0.354 e. The number of carbonyl (C=O) groups excluding carboxylic acids is 1. The molecule has 1 aromatic carbocycles. The maximum absolute atomic E-state index is 12.0. The average Bonchev–Trinajstić information content (AvgIpc) is 2.50. The van der Waals surface area contributed by atoms with Gasteiger partial charge in [-0.3, -0.25) is 9.59 Å². The van der Waals surface area contributed by atoms with Crippen LogP contribution in [0.1, 0.15) is 12.6 Å². The molecule has 0 aliphatic rings. The van der Waals surface area contributed by atoms with Crippen molar-refractivity contribution in [2.75, 3.05) is 13.6 Å². The Kier molecular flexibility index (Phi) is 4.70. The number of benzene rings is 1. The molecule has 2 N–H and O–H groups in total. The SMILES string of the molecule is CNC(C)CNC(=O)Cc1nn(C)c(=O)c2ccccc12. The Bertz CT molecular complexity index is 708. The van der Waals surface area contributed by atoms with Gasteiger partial charge in [0.15, 0.2) is 0 Å². The standard InChI is InChI=1S/C15H20N4O2/c1-10(16-2)9-17-14(20)8-13-11-6-4-5-7-12(11)15(21)19(3)18-13/h4-7,10,16H,8-9H2,1-3H3,(H,17,20). The molecule has 0 saturated carbocycles. The minimum absolute atomic E-state index is 0.103. The van der Waals surface area contributed by atoms with Crippen LogP contribution in [0.4, 0.5) is 0 Å². The smallest absolute Gasteiger partial charge is 0.274 e. The molecule has 6 nitrogen and oxygen atoms in total. The lowest BCUT2D eigenvalue weighted by Crippen LogP contribution is -2.38. The van der Waals surface area contributed by atoms with Gasteiger partial charge in [-0.2, -0.15) is 5.10 Å². The Hall–Kier alpha value is -2.21. The first-order chi connectivity index (χ1) is 10.0. The number of likely N-dealkylation sites (N-methyl/N-ethyl adjacent to an activating group) is 1. The molecule has 1 aromatic heterocycles. The van der Waals surface area contributed by atoms with Gasteiger partial charge in [-0.15, -0.1) is 0 Å². The number of nitrogens with one attached hydrogen (secondary N) is 2. The molecule has 0 aliphatic carbocycles. The molecule has 0 bridgehead atoms. The lowest BCUT2D eigenvalue weighted by atomic mass is 10.1. The fourth-order valence-corrected chi connectivity index (χ4v) is 2.09. The predicted octanol–water partition coefficient (Wildman–Crippen LogP) is 0.200. The lowest BCUT2D eigenvalue weighted by molar-refractivity contribution is -0.120. The summed E-state index contributed by atoms with van der Waals surface area (Å²) in [7, 11) is 3.44. The number of rotatable bonds is 5. The fraction of sp³-hybridized carbons (Fsp3) is 0.400. The van der Waals surface area contributed by atoms with Crippen molar-refractivity contribution in [2.45, 2.75) is 19.4 Å². The first-order valence-corrected chi connectivity index (χ1v) is 6.91. The number of fused-ring (bicyclic) bond motifs is 1. The Labute approximate surface area is 123 Å². The molecule has 6 heteroatoms. The number of aromatic nitrogens is 2. The van der Waals surface area contributed by atoms with Crippen LogP contribution >= 0.6 is 0 Å². The van der Waals surface area contributed by atoms with Crippen LogP contribution in [0.25, 0.3) is 10.8 Å². The van der Waals surface area contributed by atoms with Crippen LogP contribution in [0, 0.1) is 0 Å². The third-order valence-electron chi connectivity index (χ3n) is 3.46. The van der Waals surface area contributed by atoms with Gasteiger partial charge < -0.3 is 10.6 Å². The van der Waals surface area contributed by atoms with E-state index in [0.29, 0.717) is 17.6 Å². The second-order valence-electron chi connectivity index (χ2n) is 5.09. The molecule has 1 amide bonds. The molecule has 0 saturated heterocycles. The summed E-state index contributed by atoms with van der Waals surface area (Å²) < 4.78 is 1.28. The Morgan fingerprint density at radius 3 is 2.67 bits per heavy atom. The first kappa shape index (κ1) is 15.2. The highest BCUT2D eigenvalue weighted by Gasteiger charge is 2.12. The molecule has 1 atom stereocenters. The highest BCUT2D eigenvalue weighted by Crippen LogP contribution is 2.13. The number of carbonyl (C=O) groups is 1. The molecule has 1 heterocycles. The van der Waals surface area contributed by atoms with Crippen LogP contribution in [0.15, 0.2) is 29.1 Å². The summed E-state index contributed by atoms with van der Waals surface area (Å²) in [6.45, 7) is 2.54. The Morgan fingerprint density at radius 2 is 2.00 bits per heavy atom. The predicted molar refractivity (Wildman–Crippen MR) is 82.2 cm³/mol. The summed E-state index contributed by atoms with van der Waals surface area (Å²) in [5.41, 5.74) is 0.459. The van der Waals surface area contributed by atoms with Crippen LogP contribution in [-0.2, 0) is 18.3 Å². The van der Waals surface area contributed by atoms with Crippen molar-refractivity contribution in [3.8, 4) is 0 Å². The van der Waals surface area contributed by atoms with Gasteiger partial charge in [-0.1, -0.05) is 18.2 Å². The largest absolute Gasteiger partial charge is 0.354 e. The van der Waals surface area contributed by atoms with Crippen LogP contribution in [0.3, 0.4) is 0 Å². The molecule has 0 spiro atoms. The third kappa shape index (κ3) is 3.46. The second kappa shape index (κ2) is 6.49. The van der Waals surface area contributed by atoms with E-state index in [1.54, 1.807) is 13.1 Å². The Morgan fingerprint density at radius 1 is 1.33 bits per heavy atom. The van der Waals surface area contributed by atoms with Crippen molar-refractivity contribution < 1.29 is 4.79 Å². The normalized spacial score (nSPS) is 12.3. The fourth-order valence-electron chi connectivity index (χ4n) is 2.09. The van der Waals surface area contributed by atoms with E-state index in [4.69, 9.17) is 0 Å². The van der Waals surface area contributed by atoms with Crippen LogP contribution in [-0.4, -0.2) is 35.3 Å². The average molecular weight is 288 g/mol. The molecule has 0 radical (unpaired) electrons. The summed E-state index contributed by atoms with van der Waals surface area (Å²) >= 11 is 0. The molecule has 21 heavy (non-hydrogen) atoms. The molecular formula is C15H20N4O2. The number of amides is 1. The summed E-state index contributed by atoms with van der Waals surface area (Å²) in [6, 6.07) is 7.43. The Balaban J connectivity index is 2.25. The van der Waals surface area contributed by atoms with Crippen molar-refractivity contribution >= 4 is 16.7 Å². The molecule has 1 unspecified atom stereocenters. The van der Waals surface area contributed by atoms with E-state index >= 15 is 0 Å². The minimum atomic E-state index is -0.154. The topological polar surface area (TPSA) is 76.0 Å². The van der Waals surface area contributed by atoms with Gasteiger partial charge in [-0.05, 0) is 20.0 Å². The zero-order chi connectivity index (χ0) is 15.4. The highest BCUT2D eigenvalue weighted by molar-refractivity contribution is 5.88. The number of hydrogen-bond acceptors (Lipinski definition) is 4. The van der Waals surface area contributed by atoms with Gasteiger partial charge in [0, 0.05) is 25.0 Å². The van der Waals surface area contributed by atoms with E-state index < -0.39 is 0 Å². The summed E-state index contributed by atoms with van der Waals surface area (Å²) in [5.74, 6) is -0.103. The maximum Gasteiger partial charge on any atom is 0.274 e. The highest BCUT2D eigenvalue weighted by atomic mass is 16.1. The van der Waals surface area contributed by atoms with Gasteiger partial charge in [-0.25, -0.2) is 4.68 Å². The van der Waals surface area contributed by atoms with Gasteiger partial charge in [0.25, 0.3) is 5.56 Å². The van der Waals surface area contributed by atoms with Gasteiger partial charge in [0.1, 0.15) is 0 Å². The van der Waals surface area contributed by atoms with Crippen LogP contribution < -0.4 is 16.2 Å². The van der Waals surface area contributed by atoms with E-state index in [1.165, 1.54) is 4.68 Å². The van der Waals surface area contributed by atoms with Gasteiger partial charge in [0.2, 0.25) is 5.91 Å². The van der Waals surface area contributed by atoms with E-state index in [9.17, 15) is 9.59 Å². The van der Waals surface area contributed by atoms with Crippen LogP contribution in [0.2, 0.25) is 0 Å². The molecule has 2 rings (SSSR count). The molecule has 0 fully saturated rings. The first-order valence-electron chi connectivity index (χ1n) is 6.91. The summed E-state index contributed by atoms with van der Waals surface area (Å²) in [6.07, 6.45) is 0.158. The van der Waals surface area contributed by atoms with E-state index in [1.807, 2.05) is 32.2 Å². The van der Waals surface area contributed by atoms with Crippen molar-refractivity contribution in [3.63, 3.8) is 0 Å². The summed E-state index contributed by atoms with van der Waals surface area (Å²) in [5, 5.41) is 11.4. The maximum atomic E-state index is 12.0. The van der Waals surface area contributed by atoms with E-state index in [2.05, 4.69) is 15.7 Å². The zero-order valence-electron chi connectivity index (χ0n) is 12.5. The van der Waals surface area contributed by atoms with E-state index in [0.717, 1.165) is 5.39 Å². The number of nitrogens with zero attached hydrogens (tertiary/aromatic N) is 2. The molecular weight excluding hydrogens is 268 g/mol. The molecule has 112 valence electrons. The van der Waals surface area contributed by atoms with Crippen molar-refractivity contribution in [3.05, 3.63) is 40.3 Å². The third-order valence-corrected chi connectivity index (χ3v) is 3.46. The quantitative estimate of drug-likeness (QED) is 0.824. The van der Waals surface area contributed by atoms with E-state index in [-0.39, 0.29) is 23.9 Å². The molecule has 0 aliphatic heterocycles.